The van der Waals surface area contributed by atoms with Gasteiger partial charge in [-0.1, -0.05) is 54.6 Å². The topological polar surface area (TPSA) is 97.3 Å². The predicted octanol–water partition coefficient (Wildman–Crippen LogP) is 5.97. The van der Waals surface area contributed by atoms with Gasteiger partial charge in [0.05, 0.1) is 19.8 Å². The number of carboxylic acids is 1. The summed E-state index contributed by atoms with van der Waals surface area (Å²) in [6.45, 7) is 3.89. The van der Waals surface area contributed by atoms with Crippen molar-refractivity contribution >= 4 is 35.2 Å². The highest BCUT2D eigenvalue weighted by Gasteiger charge is 2.20. The summed E-state index contributed by atoms with van der Waals surface area (Å²) in [5.74, 6) is -0.340. The van der Waals surface area contributed by atoms with E-state index in [-0.39, 0.29) is 18.5 Å². The van der Waals surface area contributed by atoms with E-state index in [2.05, 4.69) is 5.32 Å². The molecule has 0 heterocycles. The number of carbonyl (C=O) groups is 2. The van der Waals surface area contributed by atoms with E-state index in [0.717, 1.165) is 36.8 Å². The summed E-state index contributed by atoms with van der Waals surface area (Å²) < 4.78 is 17.0. The van der Waals surface area contributed by atoms with Crippen LogP contribution >= 0.6 is 23.2 Å². The molecule has 10 heteroatoms. The molecule has 0 aliphatic heterocycles. The second-order valence-electron chi connectivity index (χ2n) is 9.58. The Balaban J connectivity index is 1.50. The zero-order valence-corrected chi connectivity index (χ0v) is 23.9. The van der Waals surface area contributed by atoms with Gasteiger partial charge < -0.3 is 29.5 Å². The highest BCUT2D eigenvalue weighted by atomic mass is 35.5. The van der Waals surface area contributed by atoms with E-state index in [4.69, 9.17) is 37.4 Å². The zero-order valence-electron chi connectivity index (χ0n) is 22.4. The second-order valence-corrected chi connectivity index (χ2v) is 10.5. The van der Waals surface area contributed by atoms with E-state index >= 15 is 0 Å². The number of hydrogen-bond acceptors (Lipinski definition) is 5. The largest absolute Gasteiger partial charge is 0.492 e. The Morgan fingerprint density at radius 2 is 1.67 bits per heavy atom. The van der Waals surface area contributed by atoms with Crippen LogP contribution in [0.25, 0.3) is 0 Å². The minimum absolute atomic E-state index is 0.120. The van der Waals surface area contributed by atoms with Crippen LogP contribution in [0, 0.1) is 0 Å². The van der Waals surface area contributed by atoms with Crippen LogP contribution < -0.4 is 10.1 Å². The molecule has 214 valence electrons. The van der Waals surface area contributed by atoms with Crippen LogP contribution in [0.2, 0.25) is 10.0 Å². The number of nitrogens with one attached hydrogen (secondary N) is 1. The molecule has 0 radical (unpaired) electrons. The van der Waals surface area contributed by atoms with Crippen LogP contribution in [0.1, 0.15) is 50.2 Å². The molecule has 0 aromatic heterocycles. The third-order valence-electron chi connectivity index (χ3n) is 6.53. The summed E-state index contributed by atoms with van der Waals surface area (Å²) in [7, 11) is 0. The lowest BCUT2D eigenvalue weighted by Crippen LogP contribution is -2.47. The van der Waals surface area contributed by atoms with Crippen LogP contribution in [0.4, 0.5) is 4.79 Å². The molecule has 2 N–H and O–H groups in total. The Bertz CT molecular complexity index is 1030. The smallest absolute Gasteiger partial charge is 0.333 e. The molecule has 1 saturated carbocycles. The van der Waals surface area contributed by atoms with Gasteiger partial charge >= 0.3 is 12.0 Å². The lowest BCUT2D eigenvalue weighted by Gasteiger charge is -2.28. The van der Waals surface area contributed by atoms with Gasteiger partial charge in [-0.05, 0) is 61.2 Å². The number of carboxylic acid groups (broad SMARTS) is 1. The molecule has 1 aliphatic rings. The highest BCUT2D eigenvalue weighted by Crippen LogP contribution is 2.20. The Hall–Kier alpha value is -2.52. The number of amides is 2. The van der Waals surface area contributed by atoms with Gasteiger partial charge in [0.1, 0.15) is 12.4 Å². The number of nitrogens with zero attached hydrogens (tertiary/aromatic N) is 1. The first-order chi connectivity index (χ1) is 18.8. The van der Waals surface area contributed by atoms with Gasteiger partial charge in [-0.3, -0.25) is 0 Å². The normalized spacial score (nSPS) is 14.5. The molecular formula is C29H38Cl2N2O6. The maximum Gasteiger partial charge on any atom is 0.333 e. The second kappa shape index (κ2) is 16.6. The summed E-state index contributed by atoms with van der Waals surface area (Å²) in [5, 5.41) is 13.6. The predicted molar refractivity (Wildman–Crippen MR) is 152 cm³/mol. The van der Waals surface area contributed by atoms with E-state index < -0.39 is 12.1 Å². The molecule has 2 amide bonds. The SMILES string of the molecule is CCOC(Cc1ccc(OCCN(CCOCc2cc(Cl)cc(Cl)c2)C(=O)NC2CCCCC2)cc1)C(=O)O. The van der Waals surface area contributed by atoms with E-state index in [9.17, 15) is 14.7 Å². The van der Waals surface area contributed by atoms with Crippen LogP contribution in [0.15, 0.2) is 42.5 Å². The number of halogens is 2. The lowest BCUT2D eigenvalue weighted by molar-refractivity contribution is -0.149. The molecular weight excluding hydrogens is 543 g/mol. The van der Waals surface area contributed by atoms with Crippen LogP contribution in [-0.2, 0) is 27.3 Å². The standard InChI is InChI=1S/C29H38Cl2N2O6/c1-2-38-27(28(34)35)18-21-8-10-26(11-9-21)39-15-13-33(29(36)32-25-6-4-3-5-7-25)12-14-37-20-22-16-23(30)19-24(31)17-22/h8-11,16-17,19,25,27H,2-7,12-15,18,20H2,1H3,(H,32,36)(H,34,35). The summed E-state index contributed by atoms with van der Waals surface area (Å²) in [4.78, 5) is 26.1. The average Bonchev–Trinajstić information content (AvgIpc) is 2.90. The number of carbonyl (C=O) groups excluding carboxylic acids is 1. The van der Waals surface area contributed by atoms with E-state index in [1.165, 1.54) is 6.42 Å². The Kier molecular flexibility index (Phi) is 13.2. The first-order valence-corrected chi connectivity index (χ1v) is 14.2. The fourth-order valence-electron chi connectivity index (χ4n) is 4.52. The molecule has 1 aliphatic carbocycles. The first kappa shape index (κ1) is 31.0. The molecule has 0 spiro atoms. The number of benzene rings is 2. The van der Waals surface area contributed by atoms with Gasteiger partial charge in [0, 0.05) is 35.7 Å². The molecule has 0 bridgehead atoms. The fourth-order valence-corrected chi connectivity index (χ4v) is 5.09. The van der Waals surface area contributed by atoms with Crippen LogP contribution in [0.3, 0.4) is 0 Å². The first-order valence-electron chi connectivity index (χ1n) is 13.5. The Morgan fingerprint density at radius 1 is 1.00 bits per heavy atom. The van der Waals surface area contributed by atoms with E-state index in [0.29, 0.717) is 55.3 Å². The van der Waals surface area contributed by atoms with Gasteiger partial charge in [-0.15, -0.1) is 0 Å². The van der Waals surface area contributed by atoms with Crippen LogP contribution in [-0.4, -0.2) is 67.1 Å². The summed E-state index contributed by atoms with van der Waals surface area (Å²) >= 11 is 12.1. The molecule has 8 nitrogen and oxygen atoms in total. The fraction of sp³-hybridized carbons (Fsp3) is 0.517. The van der Waals surface area contributed by atoms with Crippen molar-refractivity contribution in [1.29, 1.82) is 0 Å². The molecule has 1 atom stereocenters. The van der Waals surface area contributed by atoms with Crippen molar-refractivity contribution in [2.24, 2.45) is 0 Å². The minimum Gasteiger partial charge on any atom is -0.492 e. The summed E-state index contributed by atoms with van der Waals surface area (Å²) in [6, 6.07) is 12.6. The monoisotopic (exact) mass is 580 g/mol. The number of ether oxygens (including phenoxy) is 3. The third kappa shape index (κ3) is 11.2. The van der Waals surface area contributed by atoms with E-state index in [1.807, 2.05) is 12.1 Å². The van der Waals surface area contributed by atoms with Crippen molar-refractivity contribution in [3.8, 4) is 5.75 Å². The van der Waals surface area contributed by atoms with Gasteiger partial charge in [0.2, 0.25) is 0 Å². The molecule has 0 saturated heterocycles. The summed E-state index contributed by atoms with van der Waals surface area (Å²) in [6.07, 6.45) is 4.88. The molecule has 3 rings (SSSR count). The van der Waals surface area contributed by atoms with Crippen molar-refractivity contribution in [2.45, 2.75) is 64.2 Å². The maximum atomic E-state index is 13.1. The highest BCUT2D eigenvalue weighted by molar-refractivity contribution is 6.34. The molecule has 1 fully saturated rings. The van der Waals surface area contributed by atoms with Gasteiger partial charge in [0.25, 0.3) is 0 Å². The molecule has 39 heavy (non-hydrogen) atoms. The third-order valence-corrected chi connectivity index (χ3v) is 6.97. The van der Waals surface area contributed by atoms with Crippen molar-refractivity contribution < 1.29 is 28.9 Å². The number of rotatable bonds is 15. The average molecular weight is 582 g/mol. The minimum atomic E-state index is -0.982. The van der Waals surface area contributed by atoms with Crippen molar-refractivity contribution in [1.82, 2.24) is 10.2 Å². The van der Waals surface area contributed by atoms with Crippen molar-refractivity contribution in [2.75, 3.05) is 32.9 Å². The zero-order chi connectivity index (χ0) is 28.0. The van der Waals surface area contributed by atoms with Gasteiger partial charge in [0.15, 0.2) is 6.10 Å². The summed E-state index contributed by atoms with van der Waals surface area (Å²) in [5.41, 5.74) is 1.71. The number of urea groups is 1. The van der Waals surface area contributed by atoms with Crippen molar-refractivity contribution in [3.63, 3.8) is 0 Å². The molecule has 1 unspecified atom stereocenters. The lowest BCUT2D eigenvalue weighted by atomic mass is 9.96. The van der Waals surface area contributed by atoms with Crippen LogP contribution in [0.5, 0.6) is 5.75 Å². The Morgan fingerprint density at radius 3 is 2.31 bits per heavy atom. The van der Waals surface area contributed by atoms with Gasteiger partial charge in [-0.2, -0.15) is 0 Å². The van der Waals surface area contributed by atoms with Crippen molar-refractivity contribution in [3.05, 3.63) is 63.6 Å². The molecule has 2 aromatic carbocycles. The number of aliphatic carboxylic acids is 1. The Labute approximate surface area is 240 Å². The maximum absolute atomic E-state index is 13.1. The van der Waals surface area contributed by atoms with Gasteiger partial charge in [-0.25, -0.2) is 9.59 Å². The van der Waals surface area contributed by atoms with E-state index in [1.54, 1.807) is 42.2 Å². The molecule has 2 aromatic rings. The quantitative estimate of drug-likeness (QED) is 0.252. The number of hydrogen-bond donors (Lipinski definition) is 2.